The van der Waals surface area contributed by atoms with Crippen LogP contribution in [0.5, 0.6) is 11.5 Å². The van der Waals surface area contributed by atoms with Crippen LogP contribution >= 0.6 is 0 Å². The van der Waals surface area contributed by atoms with Gasteiger partial charge in [0.2, 0.25) is 0 Å². The van der Waals surface area contributed by atoms with E-state index in [0.29, 0.717) is 5.69 Å². The standard InChI is InChI=1S/C17H14F5N3O3/c18-11-2-4-12(5-3-11)23-9-15(26)25-24-8-10-1-6-13(27-16(19)20)7-14(10)28-17(21)22/h1-8,16-17,23H,9H2,(H,25,26). The molecule has 0 aromatic heterocycles. The molecule has 2 aromatic carbocycles. The van der Waals surface area contributed by atoms with E-state index in [1.54, 1.807) is 0 Å². The summed E-state index contributed by atoms with van der Waals surface area (Å²) < 4.78 is 70.5. The first-order valence-corrected chi connectivity index (χ1v) is 7.68. The van der Waals surface area contributed by atoms with Gasteiger partial charge in [0.1, 0.15) is 17.3 Å². The van der Waals surface area contributed by atoms with Crippen LogP contribution in [0.2, 0.25) is 0 Å². The first kappa shape index (κ1) is 20.9. The van der Waals surface area contributed by atoms with Gasteiger partial charge in [0, 0.05) is 17.3 Å². The van der Waals surface area contributed by atoms with Crippen LogP contribution in [0.4, 0.5) is 27.6 Å². The topological polar surface area (TPSA) is 72.0 Å². The number of nitrogens with zero attached hydrogens (tertiary/aromatic N) is 1. The van der Waals surface area contributed by atoms with Crippen LogP contribution in [0.15, 0.2) is 47.6 Å². The number of alkyl halides is 4. The van der Waals surface area contributed by atoms with Crippen molar-refractivity contribution < 1.29 is 36.2 Å². The number of carbonyl (C=O) groups excluding carboxylic acids is 1. The van der Waals surface area contributed by atoms with Crippen molar-refractivity contribution in [3.63, 3.8) is 0 Å². The molecule has 0 aliphatic heterocycles. The predicted molar refractivity (Wildman–Crippen MR) is 90.3 cm³/mol. The van der Waals surface area contributed by atoms with E-state index in [4.69, 9.17) is 0 Å². The maximum Gasteiger partial charge on any atom is 0.387 e. The molecule has 0 spiro atoms. The highest BCUT2D eigenvalue weighted by molar-refractivity contribution is 5.86. The fraction of sp³-hybridized carbons (Fsp3) is 0.176. The van der Waals surface area contributed by atoms with Gasteiger partial charge in [-0.15, -0.1) is 0 Å². The lowest BCUT2D eigenvalue weighted by molar-refractivity contribution is -0.119. The molecule has 0 heterocycles. The van der Waals surface area contributed by atoms with E-state index in [1.807, 2.05) is 0 Å². The molecule has 0 saturated carbocycles. The summed E-state index contributed by atoms with van der Waals surface area (Å²) in [7, 11) is 0. The number of halogens is 5. The molecule has 0 fully saturated rings. The summed E-state index contributed by atoms with van der Waals surface area (Å²) in [4.78, 5) is 11.7. The van der Waals surface area contributed by atoms with Gasteiger partial charge in [-0.05, 0) is 36.4 Å². The van der Waals surface area contributed by atoms with E-state index < -0.39 is 30.7 Å². The summed E-state index contributed by atoms with van der Waals surface area (Å²) in [6, 6.07) is 8.39. The number of carbonyl (C=O) groups is 1. The van der Waals surface area contributed by atoms with Crippen molar-refractivity contribution in [2.75, 3.05) is 11.9 Å². The number of anilines is 1. The lowest BCUT2D eigenvalue weighted by Gasteiger charge is -2.10. The molecule has 0 unspecified atom stereocenters. The zero-order chi connectivity index (χ0) is 20.5. The number of amides is 1. The van der Waals surface area contributed by atoms with Gasteiger partial charge in [0.05, 0.1) is 12.8 Å². The average Bonchev–Trinajstić information content (AvgIpc) is 2.62. The quantitative estimate of drug-likeness (QED) is 0.381. The monoisotopic (exact) mass is 403 g/mol. The first-order valence-electron chi connectivity index (χ1n) is 7.68. The Morgan fingerprint density at radius 1 is 1.04 bits per heavy atom. The van der Waals surface area contributed by atoms with Gasteiger partial charge in [-0.1, -0.05) is 0 Å². The Morgan fingerprint density at radius 3 is 2.36 bits per heavy atom. The fourth-order valence-corrected chi connectivity index (χ4v) is 1.96. The minimum Gasteiger partial charge on any atom is -0.435 e. The molecule has 1 amide bonds. The van der Waals surface area contributed by atoms with Crippen molar-refractivity contribution in [3.8, 4) is 11.5 Å². The average molecular weight is 403 g/mol. The van der Waals surface area contributed by atoms with Crippen LogP contribution < -0.4 is 20.2 Å². The zero-order valence-corrected chi connectivity index (χ0v) is 14.0. The third kappa shape index (κ3) is 7.09. The molecule has 2 rings (SSSR count). The van der Waals surface area contributed by atoms with Crippen molar-refractivity contribution >= 4 is 17.8 Å². The zero-order valence-electron chi connectivity index (χ0n) is 14.0. The molecule has 150 valence electrons. The summed E-state index contributed by atoms with van der Waals surface area (Å²) in [5.74, 6) is -1.84. The molecule has 6 nitrogen and oxygen atoms in total. The van der Waals surface area contributed by atoms with E-state index in [0.717, 1.165) is 24.4 Å². The van der Waals surface area contributed by atoms with Crippen LogP contribution in [0.3, 0.4) is 0 Å². The first-order chi connectivity index (χ1) is 13.3. The van der Waals surface area contributed by atoms with Gasteiger partial charge in [0.15, 0.2) is 0 Å². The van der Waals surface area contributed by atoms with Crippen LogP contribution in [-0.2, 0) is 4.79 Å². The molecule has 28 heavy (non-hydrogen) atoms. The van der Waals surface area contributed by atoms with E-state index in [1.165, 1.54) is 24.3 Å². The van der Waals surface area contributed by atoms with Crippen LogP contribution in [0.25, 0.3) is 0 Å². The Balaban J connectivity index is 1.95. The van der Waals surface area contributed by atoms with Crippen LogP contribution in [0.1, 0.15) is 5.56 Å². The van der Waals surface area contributed by atoms with E-state index >= 15 is 0 Å². The summed E-state index contributed by atoms with van der Waals surface area (Å²) in [6.07, 6.45) is 1.000. The highest BCUT2D eigenvalue weighted by Crippen LogP contribution is 2.26. The Bertz CT molecular complexity index is 816. The molecular formula is C17H14F5N3O3. The minimum absolute atomic E-state index is 0.00582. The molecule has 2 N–H and O–H groups in total. The number of hydrogen-bond donors (Lipinski definition) is 2. The Kier molecular flexibility index (Phi) is 7.55. The number of benzene rings is 2. The Hall–Kier alpha value is -3.37. The van der Waals surface area contributed by atoms with Crippen molar-refractivity contribution in [2.45, 2.75) is 13.2 Å². The van der Waals surface area contributed by atoms with Crippen molar-refractivity contribution in [2.24, 2.45) is 5.10 Å². The number of hydrogen-bond acceptors (Lipinski definition) is 5. The second-order valence-corrected chi connectivity index (χ2v) is 5.11. The lowest BCUT2D eigenvalue weighted by atomic mass is 10.2. The van der Waals surface area contributed by atoms with Gasteiger partial charge in [-0.2, -0.15) is 22.7 Å². The molecule has 11 heteroatoms. The molecule has 0 aliphatic rings. The third-order valence-electron chi connectivity index (χ3n) is 3.12. The maximum atomic E-state index is 12.8. The van der Waals surface area contributed by atoms with Crippen molar-refractivity contribution in [1.82, 2.24) is 5.43 Å². The smallest absolute Gasteiger partial charge is 0.387 e. The molecular weight excluding hydrogens is 389 g/mol. The number of hydrazone groups is 1. The number of ether oxygens (including phenoxy) is 2. The lowest BCUT2D eigenvalue weighted by Crippen LogP contribution is -2.25. The number of rotatable bonds is 9. The second kappa shape index (κ2) is 10.1. The predicted octanol–water partition coefficient (Wildman–Crippen LogP) is 3.59. The van der Waals surface area contributed by atoms with Gasteiger partial charge in [-0.25, -0.2) is 9.82 Å². The summed E-state index contributed by atoms with van der Waals surface area (Å²) in [5, 5.41) is 6.31. The van der Waals surface area contributed by atoms with Crippen molar-refractivity contribution in [3.05, 3.63) is 53.8 Å². The van der Waals surface area contributed by atoms with E-state index in [9.17, 15) is 26.7 Å². The van der Waals surface area contributed by atoms with E-state index in [-0.39, 0.29) is 17.9 Å². The van der Waals surface area contributed by atoms with Gasteiger partial charge in [-0.3, -0.25) is 4.79 Å². The Labute approximate surface area is 155 Å². The summed E-state index contributed by atoms with van der Waals surface area (Å²) in [5.41, 5.74) is 2.64. The van der Waals surface area contributed by atoms with Crippen LogP contribution in [-0.4, -0.2) is 31.9 Å². The summed E-state index contributed by atoms with van der Waals surface area (Å²) in [6.45, 7) is -6.53. The minimum atomic E-state index is -3.21. The van der Waals surface area contributed by atoms with E-state index in [2.05, 4.69) is 25.3 Å². The second-order valence-electron chi connectivity index (χ2n) is 5.11. The molecule has 0 saturated heterocycles. The molecule has 0 aliphatic carbocycles. The normalized spacial score (nSPS) is 11.1. The largest absolute Gasteiger partial charge is 0.435 e. The fourth-order valence-electron chi connectivity index (χ4n) is 1.96. The Morgan fingerprint density at radius 2 is 1.71 bits per heavy atom. The SMILES string of the molecule is O=C(CNc1ccc(F)cc1)NN=Cc1ccc(OC(F)F)cc1OC(F)F. The molecule has 2 aromatic rings. The summed E-state index contributed by atoms with van der Waals surface area (Å²) >= 11 is 0. The molecule has 0 radical (unpaired) electrons. The van der Waals surface area contributed by atoms with Gasteiger partial charge >= 0.3 is 13.2 Å². The molecule has 0 atom stereocenters. The van der Waals surface area contributed by atoms with Crippen LogP contribution in [0, 0.1) is 5.82 Å². The highest BCUT2D eigenvalue weighted by Gasteiger charge is 2.12. The highest BCUT2D eigenvalue weighted by atomic mass is 19.3. The third-order valence-corrected chi connectivity index (χ3v) is 3.12. The number of nitrogens with one attached hydrogen (secondary N) is 2. The molecule has 0 bridgehead atoms. The van der Waals surface area contributed by atoms with Gasteiger partial charge < -0.3 is 14.8 Å². The van der Waals surface area contributed by atoms with Crippen molar-refractivity contribution in [1.29, 1.82) is 0 Å². The maximum absolute atomic E-state index is 12.8. The van der Waals surface area contributed by atoms with Gasteiger partial charge in [0.25, 0.3) is 5.91 Å².